The Morgan fingerprint density at radius 3 is 1.06 bits per heavy atom. The van der Waals surface area contributed by atoms with E-state index in [0.29, 0.717) is 0 Å². The smallest absolute Gasteiger partial charge is 0.0470 e. The third kappa shape index (κ3) is 9.29. The van der Waals surface area contributed by atoms with Crippen LogP contribution in [0.1, 0.15) is 183 Å². The molecule has 0 atom stereocenters. The molecule has 336 valence electrons. The largest absolute Gasteiger partial charge is 0.310 e. The Morgan fingerprint density at radius 2 is 0.625 bits per heavy atom. The van der Waals surface area contributed by atoms with Gasteiger partial charge >= 0.3 is 0 Å². The second-order valence-corrected chi connectivity index (χ2v) is 25.9. The summed E-state index contributed by atoms with van der Waals surface area (Å²) < 4.78 is 0. The van der Waals surface area contributed by atoms with Gasteiger partial charge in [0.15, 0.2) is 0 Å². The summed E-state index contributed by atoms with van der Waals surface area (Å²) in [6.45, 7) is 47.0. The van der Waals surface area contributed by atoms with E-state index in [2.05, 4.69) is 259 Å². The molecule has 0 spiro atoms. The highest BCUT2D eigenvalue weighted by atomic mass is 15.1. The first-order chi connectivity index (χ1) is 29.2. The summed E-state index contributed by atoms with van der Waals surface area (Å²) in [6.07, 6.45) is 0. The molecule has 0 saturated carbocycles. The van der Waals surface area contributed by atoms with Crippen LogP contribution in [0.5, 0.6) is 0 Å². The fourth-order valence-corrected chi connectivity index (χ4v) is 9.28. The van der Waals surface area contributed by atoms with E-state index < -0.39 is 0 Å². The van der Waals surface area contributed by atoms with Gasteiger partial charge in [0, 0.05) is 22.5 Å². The maximum Gasteiger partial charge on any atom is 0.0470 e. The van der Waals surface area contributed by atoms with Crippen molar-refractivity contribution in [2.24, 2.45) is 0 Å². The molecule has 0 aliphatic heterocycles. The van der Waals surface area contributed by atoms with Crippen LogP contribution in [-0.2, 0) is 37.9 Å². The van der Waals surface area contributed by atoms with E-state index in [0.717, 1.165) is 0 Å². The molecule has 1 aliphatic rings. The standard InChI is InChI=1S/C63H79N/c1-57(2,3)44-28-40(42-30-45(58(4,5)6)34-46(31-42)59(7,8)9)27-41(29-44)43-32-47(60(10,11)12)36-51(33-43)64(52-37-48(61(13,14)15)35-49(38-52)62(16,17)18)50-25-26-54-53-23-21-22-24-55(53)63(19,20)56(54)39-50/h21-39H,1-20H3. The van der Waals surface area contributed by atoms with Crippen LogP contribution < -0.4 is 4.90 Å². The van der Waals surface area contributed by atoms with Crippen molar-refractivity contribution < 1.29 is 0 Å². The molecule has 0 unspecified atom stereocenters. The lowest BCUT2D eigenvalue weighted by Crippen LogP contribution is -2.20. The second kappa shape index (κ2) is 15.6. The predicted octanol–water partition coefficient (Wildman–Crippen LogP) is 18.6. The normalized spacial score (nSPS) is 14.4. The molecule has 0 amide bonds. The van der Waals surface area contributed by atoms with Gasteiger partial charge in [0.25, 0.3) is 0 Å². The molecule has 6 aromatic carbocycles. The van der Waals surface area contributed by atoms with Gasteiger partial charge in [-0.2, -0.15) is 0 Å². The van der Waals surface area contributed by atoms with Crippen molar-refractivity contribution in [2.45, 2.75) is 176 Å². The highest BCUT2D eigenvalue weighted by Crippen LogP contribution is 2.52. The van der Waals surface area contributed by atoms with Gasteiger partial charge in [-0.1, -0.05) is 211 Å². The van der Waals surface area contributed by atoms with Crippen LogP contribution in [0.25, 0.3) is 33.4 Å². The minimum Gasteiger partial charge on any atom is -0.310 e. The third-order valence-corrected chi connectivity index (χ3v) is 13.9. The van der Waals surface area contributed by atoms with Crippen molar-refractivity contribution in [3.63, 3.8) is 0 Å². The first-order valence-electron chi connectivity index (χ1n) is 23.9. The van der Waals surface area contributed by atoms with Gasteiger partial charge in [-0.05, 0) is 153 Å². The highest BCUT2D eigenvalue weighted by Gasteiger charge is 2.36. The number of nitrogens with zero attached hydrogens (tertiary/aromatic N) is 1. The summed E-state index contributed by atoms with van der Waals surface area (Å²) in [7, 11) is 0. The van der Waals surface area contributed by atoms with E-state index in [1.807, 2.05) is 0 Å². The molecule has 0 radical (unpaired) electrons. The molecule has 0 saturated heterocycles. The Morgan fingerprint density at radius 1 is 0.297 bits per heavy atom. The topological polar surface area (TPSA) is 3.24 Å². The molecular formula is C63H79N. The zero-order valence-corrected chi connectivity index (χ0v) is 43.4. The van der Waals surface area contributed by atoms with Crippen molar-refractivity contribution in [3.05, 3.63) is 160 Å². The average molecular weight is 850 g/mol. The molecule has 0 fully saturated rings. The lowest BCUT2D eigenvalue weighted by molar-refractivity contribution is 0.568. The van der Waals surface area contributed by atoms with E-state index in [9.17, 15) is 0 Å². The van der Waals surface area contributed by atoms with Gasteiger partial charge in [0.1, 0.15) is 0 Å². The van der Waals surface area contributed by atoms with Crippen molar-refractivity contribution in [1.29, 1.82) is 0 Å². The highest BCUT2D eigenvalue weighted by molar-refractivity contribution is 5.87. The second-order valence-electron chi connectivity index (χ2n) is 25.9. The molecule has 6 aromatic rings. The fraction of sp³-hybridized carbons (Fsp3) is 0.429. The van der Waals surface area contributed by atoms with Crippen molar-refractivity contribution >= 4 is 17.1 Å². The Kier molecular flexibility index (Phi) is 11.5. The zero-order chi connectivity index (χ0) is 47.3. The van der Waals surface area contributed by atoms with Crippen LogP contribution in [0.2, 0.25) is 0 Å². The molecule has 0 bridgehead atoms. The van der Waals surface area contributed by atoms with Crippen molar-refractivity contribution in [2.75, 3.05) is 4.90 Å². The lowest BCUT2D eigenvalue weighted by Gasteiger charge is -2.33. The molecule has 64 heavy (non-hydrogen) atoms. The van der Waals surface area contributed by atoms with Gasteiger partial charge in [0.05, 0.1) is 0 Å². The van der Waals surface area contributed by atoms with Crippen LogP contribution in [0, 0.1) is 0 Å². The van der Waals surface area contributed by atoms with E-state index in [-0.39, 0.29) is 37.9 Å². The van der Waals surface area contributed by atoms with Crippen molar-refractivity contribution in [3.8, 4) is 33.4 Å². The quantitative estimate of drug-likeness (QED) is 0.167. The molecule has 1 aliphatic carbocycles. The maximum atomic E-state index is 2.57. The van der Waals surface area contributed by atoms with Gasteiger partial charge in [0.2, 0.25) is 0 Å². The molecule has 1 nitrogen and oxygen atoms in total. The van der Waals surface area contributed by atoms with E-state index in [4.69, 9.17) is 0 Å². The number of anilines is 3. The summed E-state index contributed by atoms with van der Waals surface area (Å²) in [5, 5.41) is 0. The molecule has 1 heteroatoms. The third-order valence-electron chi connectivity index (χ3n) is 13.9. The predicted molar refractivity (Wildman–Crippen MR) is 282 cm³/mol. The number of hydrogen-bond donors (Lipinski definition) is 0. The Bertz CT molecular complexity index is 2660. The van der Waals surface area contributed by atoms with E-state index >= 15 is 0 Å². The SMILES string of the molecule is CC(C)(C)c1cc(-c2cc(N(c3cc(C(C)(C)C)cc(C(C)(C)C)c3)c3ccc4c(c3)C(C)(C)c3ccccc3-4)cc(C(C)(C)C)c2)cc(-c2cc(C(C)(C)C)cc(C(C)(C)C)c2)c1. The number of hydrogen-bond acceptors (Lipinski definition) is 1. The Balaban J connectivity index is 1.55. The summed E-state index contributed by atoms with van der Waals surface area (Å²) in [5.74, 6) is 0. The monoisotopic (exact) mass is 850 g/mol. The molecular weight excluding hydrogens is 771 g/mol. The van der Waals surface area contributed by atoms with Crippen LogP contribution in [0.3, 0.4) is 0 Å². The van der Waals surface area contributed by atoms with E-state index in [1.165, 1.54) is 95.0 Å². The molecule has 0 heterocycles. The zero-order valence-electron chi connectivity index (χ0n) is 43.4. The Hall–Kier alpha value is -4.88. The average Bonchev–Trinajstić information content (AvgIpc) is 3.41. The molecule has 7 rings (SSSR count). The first kappa shape index (κ1) is 47.1. The minimum absolute atomic E-state index is 0.0204. The lowest BCUT2D eigenvalue weighted by atomic mass is 9.77. The van der Waals surface area contributed by atoms with Crippen LogP contribution in [0.4, 0.5) is 17.1 Å². The Labute approximate surface area is 389 Å². The molecule has 0 aromatic heterocycles. The van der Waals surface area contributed by atoms with Crippen LogP contribution in [0.15, 0.2) is 115 Å². The summed E-state index contributed by atoms with van der Waals surface area (Å²) in [6, 6.07) is 45.7. The van der Waals surface area contributed by atoms with Gasteiger partial charge in [-0.15, -0.1) is 0 Å². The van der Waals surface area contributed by atoms with Gasteiger partial charge in [-0.3, -0.25) is 0 Å². The van der Waals surface area contributed by atoms with Gasteiger partial charge < -0.3 is 4.90 Å². The number of benzene rings is 6. The summed E-state index contributed by atoms with van der Waals surface area (Å²) >= 11 is 0. The van der Waals surface area contributed by atoms with Crippen molar-refractivity contribution in [1.82, 2.24) is 0 Å². The van der Waals surface area contributed by atoms with E-state index in [1.54, 1.807) is 0 Å². The summed E-state index contributed by atoms with van der Waals surface area (Å²) in [5.41, 5.74) is 21.8. The number of fused-ring (bicyclic) bond motifs is 3. The van der Waals surface area contributed by atoms with Crippen LogP contribution in [-0.4, -0.2) is 0 Å². The fourth-order valence-electron chi connectivity index (χ4n) is 9.28. The maximum absolute atomic E-state index is 2.57. The summed E-state index contributed by atoms with van der Waals surface area (Å²) in [4.78, 5) is 2.57. The van der Waals surface area contributed by atoms with Crippen LogP contribution >= 0.6 is 0 Å². The minimum atomic E-state index is -0.128. The number of rotatable bonds is 5. The molecule has 0 N–H and O–H groups in total. The first-order valence-corrected chi connectivity index (χ1v) is 23.9. The van der Waals surface area contributed by atoms with Gasteiger partial charge in [-0.25, -0.2) is 0 Å².